The van der Waals surface area contributed by atoms with Gasteiger partial charge in [0, 0.05) is 12.6 Å². The number of nitrogens with zero attached hydrogens (tertiary/aromatic N) is 3. The first-order chi connectivity index (χ1) is 7.58. The molecule has 0 saturated heterocycles. The molecule has 0 atom stereocenters. The molecule has 0 aromatic carbocycles. The van der Waals surface area contributed by atoms with Crippen LogP contribution in [0.4, 0.5) is 5.82 Å². The normalized spacial score (nSPS) is 15.6. The predicted molar refractivity (Wildman–Crippen MR) is 67.3 cm³/mol. The van der Waals surface area contributed by atoms with Crippen molar-refractivity contribution in [1.82, 2.24) is 9.97 Å². The summed E-state index contributed by atoms with van der Waals surface area (Å²) in [4.78, 5) is 10.4. The Bertz CT molecular complexity index is 377. The molecule has 1 aromatic heterocycles. The maximum Gasteiger partial charge on any atom is 0.224 e. The molecule has 1 heterocycles. The number of hydrogen-bond donors (Lipinski definition) is 0. The van der Waals surface area contributed by atoms with Crippen molar-refractivity contribution in [2.75, 3.05) is 11.4 Å². The molecule has 88 valence electrons. The van der Waals surface area contributed by atoms with Crippen molar-refractivity contribution in [3.63, 3.8) is 0 Å². The quantitative estimate of drug-likeness (QED) is 0.777. The van der Waals surface area contributed by atoms with Crippen LogP contribution in [0.1, 0.15) is 26.7 Å². The van der Waals surface area contributed by atoms with Gasteiger partial charge in [-0.05, 0) is 30.4 Å². The zero-order valence-corrected chi connectivity index (χ0v) is 11.0. The zero-order valence-electron chi connectivity index (χ0n) is 9.45. The van der Waals surface area contributed by atoms with Crippen LogP contribution in [0.25, 0.3) is 0 Å². The van der Waals surface area contributed by atoms with Crippen molar-refractivity contribution in [3.8, 4) is 0 Å². The zero-order chi connectivity index (χ0) is 11.7. The van der Waals surface area contributed by atoms with Crippen molar-refractivity contribution in [2.45, 2.75) is 32.7 Å². The maximum atomic E-state index is 6.12. The lowest BCUT2D eigenvalue weighted by Crippen LogP contribution is -2.31. The van der Waals surface area contributed by atoms with E-state index in [1.807, 2.05) is 0 Å². The highest BCUT2D eigenvalue weighted by molar-refractivity contribution is 6.33. The molecule has 0 unspecified atom stereocenters. The summed E-state index contributed by atoms with van der Waals surface area (Å²) in [5, 5.41) is 0.839. The van der Waals surface area contributed by atoms with E-state index < -0.39 is 0 Å². The lowest BCUT2D eigenvalue weighted by molar-refractivity contribution is 0.602. The van der Waals surface area contributed by atoms with E-state index in [9.17, 15) is 0 Å². The summed E-state index contributed by atoms with van der Waals surface area (Å²) in [6.07, 6.45) is 4.00. The van der Waals surface area contributed by atoms with E-state index in [0.29, 0.717) is 17.0 Å². The fourth-order valence-corrected chi connectivity index (χ4v) is 2.06. The fourth-order valence-electron chi connectivity index (χ4n) is 1.73. The van der Waals surface area contributed by atoms with Crippen molar-refractivity contribution in [2.24, 2.45) is 5.92 Å². The molecule has 0 amide bonds. The van der Waals surface area contributed by atoms with Gasteiger partial charge >= 0.3 is 0 Å². The highest BCUT2D eigenvalue weighted by Crippen LogP contribution is 2.35. The van der Waals surface area contributed by atoms with Gasteiger partial charge in [-0.15, -0.1) is 0 Å². The molecule has 1 saturated carbocycles. The van der Waals surface area contributed by atoms with E-state index in [-0.39, 0.29) is 5.28 Å². The number of aromatic nitrogens is 2. The summed E-state index contributed by atoms with van der Waals surface area (Å²) >= 11 is 11.9. The summed E-state index contributed by atoms with van der Waals surface area (Å²) in [5.41, 5.74) is 0. The molecule has 5 heteroatoms. The van der Waals surface area contributed by atoms with Crippen molar-refractivity contribution < 1.29 is 0 Å². The fraction of sp³-hybridized carbons (Fsp3) is 0.636. The molecule has 1 aromatic rings. The summed E-state index contributed by atoms with van der Waals surface area (Å²) < 4.78 is 0. The Kier molecular flexibility index (Phi) is 3.55. The molecule has 16 heavy (non-hydrogen) atoms. The number of rotatable bonds is 4. The number of anilines is 1. The van der Waals surface area contributed by atoms with Gasteiger partial charge in [0.1, 0.15) is 5.02 Å². The topological polar surface area (TPSA) is 29.0 Å². The molecular formula is C11H15Cl2N3. The minimum atomic E-state index is 0.258. The van der Waals surface area contributed by atoms with Crippen LogP contribution < -0.4 is 4.90 Å². The Morgan fingerprint density at radius 3 is 2.69 bits per heavy atom. The molecular weight excluding hydrogens is 245 g/mol. The van der Waals surface area contributed by atoms with Crippen LogP contribution in [0, 0.1) is 5.92 Å². The third-order valence-electron chi connectivity index (χ3n) is 2.52. The summed E-state index contributed by atoms with van der Waals surface area (Å²) in [6, 6.07) is 0.575. The van der Waals surface area contributed by atoms with Gasteiger partial charge in [0.05, 0.1) is 6.20 Å². The van der Waals surface area contributed by atoms with E-state index in [2.05, 4.69) is 28.7 Å². The minimum Gasteiger partial charge on any atom is -0.352 e. The SMILES string of the molecule is CC(C)CN(c1nc(Cl)ncc1Cl)C1CC1. The van der Waals surface area contributed by atoms with Crippen LogP contribution in [-0.2, 0) is 0 Å². The molecule has 2 rings (SSSR count). The number of halogens is 2. The lowest BCUT2D eigenvalue weighted by atomic mass is 10.2. The monoisotopic (exact) mass is 259 g/mol. The van der Waals surface area contributed by atoms with Crippen LogP contribution in [0.3, 0.4) is 0 Å². The molecule has 3 nitrogen and oxygen atoms in total. The predicted octanol–water partition coefficient (Wildman–Crippen LogP) is 3.41. The molecule has 1 aliphatic rings. The highest BCUT2D eigenvalue weighted by atomic mass is 35.5. The Morgan fingerprint density at radius 1 is 1.44 bits per heavy atom. The van der Waals surface area contributed by atoms with E-state index in [0.717, 1.165) is 12.4 Å². The lowest BCUT2D eigenvalue weighted by Gasteiger charge is -2.26. The average Bonchev–Trinajstić information content (AvgIpc) is 3.02. The molecule has 0 spiro atoms. The second kappa shape index (κ2) is 4.76. The Morgan fingerprint density at radius 2 is 2.12 bits per heavy atom. The second-order valence-electron chi connectivity index (χ2n) is 4.59. The first-order valence-corrected chi connectivity index (χ1v) is 6.28. The summed E-state index contributed by atoms with van der Waals surface area (Å²) in [7, 11) is 0. The third-order valence-corrected chi connectivity index (χ3v) is 2.97. The van der Waals surface area contributed by atoms with Crippen LogP contribution >= 0.6 is 23.2 Å². The number of hydrogen-bond acceptors (Lipinski definition) is 3. The third kappa shape index (κ3) is 2.77. The van der Waals surface area contributed by atoms with Crippen LogP contribution in [0.15, 0.2) is 6.20 Å². The van der Waals surface area contributed by atoms with Gasteiger partial charge in [0.2, 0.25) is 5.28 Å². The highest BCUT2D eigenvalue weighted by Gasteiger charge is 2.31. The van der Waals surface area contributed by atoms with Gasteiger partial charge in [0.15, 0.2) is 5.82 Å². The van der Waals surface area contributed by atoms with Gasteiger partial charge in [-0.25, -0.2) is 4.98 Å². The Balaban J connectivity index is 2.26. The van der Waals surface area contributed by atoms with E-state index in [4.69, 9.17) is 23.2 Å². The van der Waals surface area contributed by atoms with Crippen LogP contribution in [-0.4, -0.2) is 22.6 Å². The average molecular weight is 260 g/mol. The molecule has 0 aliphatic heterocycles. The Labute approximate surface area is 106 Å². The first-order valence-electron chi connectivity index (χ1n) is 5.52. The largest absolute Gasteiger partial charge is 0.352 e. The molecule has 1 fully saturated rings. The van der Waals surface area contributed by atoms with E-state index >= 15 is 0 Å². The van der Waals surface area contributed by atoms with Crippen molar-refractivity contribution >= 4 is 29.0 Å². The standard InChI is InChI=1S/C11H15Cl2N3/c1-7(2)6-16(8-3-4-8)10-9(12)5-14-11(13)15-10/h5,7-8H,3-4,6H2,1-2H3. The second-order valence-corrected chi connectivity index (χ2v) is 5.33. The van der Waals surface area contributed by atoms with Crippen LogP contribution in [0.2, 0.25) is 10.3 Å². The minimum absolute atomic E-state index is 0.258. The van der Waals surface area contributed by atoms with Gasteiger partial charge in [0.25, 0.3) is 0 Å². The van der Waals surface area contributed by atoms with Gasteiger partial charge in [-0.3, -0.25) is 0 Å². The molecule has 0 bridgehead atoms. The summed E-state index contributed by atoms with van der Waals surface area (Å²) in [6.45, 7) is 5.33. The van der Waals surface area contributed by atoms with E-state index in [1.165, 1.54) is 12.8 Å². The van der Waals surface area contributed by atoms with Gasteiger partial charge in [-0.1, -0.05) is 25.4 Å². The Hall–Kier alpha value is -0.540. The molecule has 0 radical (unpaired) electrons. The van der Waals surface area contributed by atoms with Gasteiger partial charge in [-0.2, -0.15) is 4.98 Å². The molecule has 1 aliphatic carbocycles. The smallest absolute Gasteiger partial charge is 0.224 e. The van der Waals surface area contributed by atoms with Crippen molar-refractivity contribution in [1.29, 1.82) is 0 Å². The van der Waals surface area contributed by atoms with Crippen LogP contribution in [0.5, 0.6) is 0 Å². The summed E-state index contributed by atoms with van der Waals surface area (Å²) in [5.74, 6) is 1.35. The van der Waals surface area contributed by atoms with E-state index in [1.54, 1.807) is 6.20 Å². The first kappa shape index (κ1) is 11.9. The maximum absolute atomic E-state index is 6.12. The van der Waals surface area contributed by atoms with Gasteiger partial charge < -0.3 is 4.90 Å². The molecule has 0 N–H and O–H groups in total. The van der Waals surface area contributed by atoms with Crippen molar-refractivity contribution in [3.05, 3.63) is 16.5 Å².